The van der Waals surface area contributed by atoms with Crippen LogP contribution in [0.3, 0.4) is 0 Å². The lowest BCUT2D eigenvalue weighted by Gasteiger charge is -2.45. The van der Waals surface area contributed by atoms with Crippen LogP contribution in [0.25, 0.3) is 0 Å². The fraction of sp³-hybridized carbons (Fsp3) is 0.471. The minimum absolute atomic E-state index is 0.309. The number of aliphatic hydroxyl groups is 1. The largest absolute Gasteiger partial charge is 0.388 e. The second kappa shape index (κ2) is 14.7. The Hall–Kier alpha value is -2.54. The molecule has 0 radical (unpaired) electrons. The predicted octanol–water partition coefficient (Wildman–Crippen LogP) is 6.47. The first kappa shape index (κ1) is 28.0. The van der Waals surface area contributed by atoms with Gasteiger partial charge in [-0.1, -0.05) is 123 Å². The van der Waals surface area contributed by atoms with E-state index in [1.807, 2.05) is 78.9 Å². The van der Waals surface area contributed by atoms with E-state index in [4.69, 9.17) is 18.9 Å². The van der Waals surface area contributed by atoms with Crippen molar-refractivity contribution in [2.45, 2.75) is 88.9 Å². The van der Waals surface area contributed by atoms with Gasteiger partial charge in [0, 0.05) is 0 Å². The van der Waals surface area contributed by atoms with E-state index in [1.54, 1.807) is 0 Å². The molecule has 1 heterocycles. The van der Waals surface area contributed by atoms with Gasteiger partial charge in [0.1, 0.15) is 24.4 Å². The van der Waals surface area contributed by atoms with E-state index >= 15 is 0 Å². The number of rotatable bonds is 12. The average Bonchev–Trinajstić information content (AvgIpc) is 2.99. The zero-order chi connectivity index (χ0) is 26.7. The average molecular weight is 531 g/mol. The van der Waals surface area contributed by atoms with Gasteiger partial charge >= 0.3 is 0 Å². The van der Waals surface area contributed by atoms with E-state index in [9.17, 15) is 5.11 Å². The lowest BCUT2D eigenvalue weighted by Crippen LogP contribution is -2.60. The van der Waals surface area contributed by atoms with Crippen molar-refractivity contribution in [1.29, 1.82) is 0 Å². The summed E-state index contributed by atoms with van der Waals surface area (Å²) in [4.78, 5) is 0. The lowest BCUT2D eigenvalue weighted by molar-refractivity contribution is -0.264. The van der Waals surface area contributed by atoms with Crippen molar-refractivity contribution in [3.8, 4) is 0 Å². The van der Waals surface area contributed by atoms with Gasteiger partial charge in [-0.15, -0.1) is 0 Å². The zero-order valence-electron chi connectivity index (χ0n) is 22.8. The fourth-order valence-electron chi connectivity index (χ4n) is 5.88. The van der Waals surface area contributed by atoms with Crippen molar-refractivity contribution in [3.05, 3.63) is 108 Å². The van der Waals surface area contributed by atoms with Crippen LogP contribution in [0.15, 0.2) is 91.0 Å². The number of aliphatic hydroxyl groups excluding tert-OH is 1. The molecule has 208 valence electrons. The Labute approximate surface area is 233 Å². The summed E-state index contributed by atoms with van der Waals surface area (Å²) in [6.07, 6.45) is 4.63. The molecule has 1 aliphatic carbocycles. The van der Waals surface area contributed by atoms with Crippen molar-refractivity contribution in [1.82, 2.24) is 0 Å². The first-order valence-corrected chi connectivity index (χ1v) is 14.5. The maximum Gasteiger partial charge on any atom is 0.115 e. The maximum atomic E-state index is 11.7. The molecule has 1 aliphatic heterocycles. The van der Waals surface area contributed by atoms with Gasteiger partial charge in [-0.05, 0) is 29.0 Å². The maximum absolute atomic E-state index is 11.7. The van der Waals surface area contributed by atoms with Gasteiger partial charge in [-0.3, -0.25) is 0 Å². The summed E-state index contributed by atoms with van der Waals surface area (Å²) in [5.41, 5.74) is 3.26. The molecule has 5 rings (SSSR count). The van der Waals surface area contributed by atoms with Gasteiger partial charge < -0.3 is 24.1 Å². The first-order chi connectivity index (χ1) is 19.3. The second-order valence-electron chi connectivity index (χ2n) is 11.0. The molecule has 5 nitrogen and oxygen atoms in total. The quantitative estimate of drug-likeness (QED) is 0.291. The minimum atomic E-state index is -0.776. The smallest absolute Gasteiger partial charge is 0.115 e. The van der Waals surface area contributed by atoms with Crippen LogP contribution >= 0.6 is 0 Å². The molecular weight excluding hydrogens is 488 g/mol. The van der Waals surface area contributed by atoms with Gasteiger partial charge in [0.15, 0.2) is 0 Å². The highest BCUT2D eigenvalue weighted by molar-refractivity contribution is 5.15. The molecule has 0 aromatic heterocycles. The van der Waals surface area contributed by atoms with Crippen molar-refractivity contribution in [2.75, 3.05) is 6.61 Å². The van der Waals surface area contributed by atoms with Gasteiger partial charge in [-0.25, -0.2) is 0 Å². The SMILES string of the molecule is O[C@@H]1[C@@H](OCc2ccccc2)[C@H](OCc2ccccc2)[C@@H](COCc2ccccc2)O[C@H]1CC1CCCCC1. The molecule has 0 spiro atoms. The summed E-state index contributed by atoms with van der Waals surface area (Å²) in [6.45, 7) is 1.68. The predicted molar refractivity (Wildman–Crippen MR) is 152 cm³/mol. The third-order valence-corrected chi connectivity index (χ3v) is 8.01. The minimum Gasteiger partial charge on any atom is -0.388 e. The standard InChI is InChI=1S/C34H42O5/c35-32-30(21-26-13-5-1-6-14-26)39-31(25-36-22-27-15-7-2-8-16-27)33(37-23-28-17-9-3-10-18-28)34(32)38-24-29-19-11-4-12-20-29/h2-4,7-12,15-20,26,30-35H,1,5-6,13-14,21-25H2/t30-,31+,32-,33+,34+/m0/s1. The molecule has 0 amide bonds. The van der Waals surface area contributed by atoms with Crippen molar-refractivity contribution in [3.63, 3.8) is 0 Å². The number of ether oxygens (including phenoxy) is 4. The van der Waals surface area contributed by atoms with Crippen LogP contribution in [0, 0.1) is 5.92 Å². The molecule has 2 aliphatic rings. The molecule has 0 unspecified atom stereocenters. The fourth-order valence-corrected chi connectivity index (χ4v) is 5.88. The Kier molecular flexibility index (Phi) is 10.6. The molecule has 39 heavy (non-hydrogen) atoms. The van der Waals surface area contributed by atoms with Crippen LogP contribution in [0.1, 0.15) is 55.2 Å². The van der Waals surface area contributed by atoms with Crippen LogP contribution in [-0.4, -0.2) is 42.2 Å². The van der Waals surface area contributed by atoms with Gasteiger partial charge in [0.05, 0.1) is 32.5 Å². The summed E-state index contributed by atoms with van der Waals surface area (Å²) in [6, 6.07) is 30.4. The summed E-state index contributed by atoms with van der Waals surface area (Å²) >= 11 is 0. The Balaban J connectivity index is 1.34. The highest BCUT2D eigenvalue weighted by atomic mass is 16.6. The Bertz CT molecular complexity index is 1070. The van der Waals surface area contributed by atoms with Crippen LogP contribution in [-0.2, 0) is 38.8 Å². The highest BCUT2D eigenvalue weighted by Crippen LogP contribution is 2.35. The number of hydrogen-bond acceptors (Lipinski definition) is 5. The molecule has 1 saturated heterocycles. The van der Waals surface area contributed by atoms with Crippen molar-refractivity contribution in [2.24, 2.45) is 5.92 Å². The molecule has 1 N–H and O–H groups in total. The topological polar surface area (TPSA) is 57.2 Å². The third-order valence-electron chi connectivity index (χ3n) is 8.01. The molecule has 3 aromatic carbocycles. The zero-order valence-corrected chi connectivity index (χ0v) is 22.8. The molecule has 5 atom stereocenters. The molecule has 5 heteroatoms. The van der Waals surface area contributed by atoms with E-state index in [0.717, 1.165) is 23.1 Å². The Morgan fingerprint density at radius 3 is 1.69 bits per heavy atom. The number of hydrogen-bond donors (Lipinski definition) is 1. The normalized spacial score (nSPS) is 25.9. The van der Waals surface area contributed by atoms with Crippen molar-refractivity contribution < 1.29 is 24.1 Å². The molecular formula is C34H42O5. The monoisotopic (exact) mass is 530 g/mol. The second-order valence-corrected chi connectivity index (χ2v) is 11.0. The molecule has 3 aromatic rings. The number of benzene rings is 3. The van der Waals surface area contributed by atoms with Crippen LogP contribution in [0.5, 0.6) is 0 Å². The van der Waals surface area contributed by atoms with Crippen LogP contribution in [0.2, 0.25) is 0 Å². The lowest BCUT2D eigenvalue weighted by atomic mass is 9.82. The summed E-state index contributed by atoms with van der Waals surface area (Å²) < 4.78 is 25.8. The molecule has 2 fully saturated rings. The van der Waals surface area contributed by atoms with Gasteiger partial charge in [-0.2, -0.15) is 0 Å². The summed E-state index contributed by atoms with van der Waals surface area (Å²) in [5, 5.41) is 11.7. The Morgan fingerprint density at radius 2 is 1.13 bits per heavy atom. The van der Waals surface area contributed by atoms with E-state index in [-0.39, 0.29) is 12.2 Å². The third kappa shape index (κ3) is 8.23. The van der Waals surface area contributed by atoms with E-state index in [1.165, 1.54) is 32.1 Å². The van der Waals surface area contributed by atoms with E-state index in [2.05, 4.69) is 12.1 Å². The van der Waals surface area contributed by atoms with Gasteiger partial charge in [0.25, 0.3) is 0 Å². The van der Waals surface area contributed by atoms with Crippen molar-refractivity contribution >= 4 is 0 Å². The first-order valence-electron chi connectivity index (χ1n) is 14.5. The van der Waals surface area contributed by atoms with Gasteiger partial charge in [0.2, 0.25) is 0 Å². The summed E-state index contributed by atoms with van der Waals surface area (Å²) in [5.74, 6) is 0.570. The van der Waals surface area contributed by atoms with E-state index < -0.39 is 18.3 Å². The van der Waals surface area contributed by atoms with Crippen LogP contribution in [0.4, 0.5) is 0 Å². The summed E-state index contributed by atoms with van der Waals surface area (Å²) in [7, 11) is 0. The van der Waals surface area contributed by atoms with E-state index in [0.29, 0.717) is 32.3 Å². The molecule has 1 saturated carbocycles. The Morgan fingerprint density at radius 1 is 0.615 bits per heavy atom. The highest BCUT2D eigenvalue weighted by Gasteiger charge is 2.47. The van der Waals surface area contributed by atoms with Crippen LogP contribution < -0.4 is 0 Å². The molecule has 0 bridgehead atoms.